The second kappa shape index (κ2) is 5.26. The van der Waals surface area contributed by atoms with Gasteiger partial charge in [-0.3, -0.25) is 9.48 Å². The normalized spacial score (nSPS) is 10.5. The molecule has 0 unspecified atom stereocenters. The number of nitrogens with zero attached hydrogens (tertiary/aromatic N) is 2. The SMILES string of the molecule is Cc1ccc(C(=O)NCc2cn(C)nc2C)c(C)c1. The molecule has 2 rings (SSSR count). The van der Waals surface area contributed by atoms with Crippen LogP contribution in [0.3, 0.4) is 0 Å². The van der Waals surface area contributed by atoms with E-state index in [2.05, 4.69) is 10.4 Å². The highest BCUT2D eigenvalue weighted by atomic mass is 16.1. The average molecular weight is 257 g/mol. The van der Waals surface area contributed by atoms with Crippen molar-refractivity contribution in [2.24, 2.45) is 7.05 Å². The molecule has 0 saturated heterocycles. The highest BCUT2D eigenvalue weighted by Crippen LogP contribution is 2.11. The fourth-order valence-corrected chi connectivity index (χ4v) is 2.16. The van der Waals surface area contributed by atoms with Gasteiger partial charge in [0.05, 0.1) is 5.69 Å². The number of carbonyl (C=O) groups excluding carboxylic acids is 1. The number of rotatable bonds is 3. The summed E-state index contributed by atoms with van der Waals surface area (Å²) in [6, 6.07) is 5.84. The first-order valence-corrected chi connectivity index (χ1v) is 6.32. The highest BCUT2D eigenvalue weighted by Gasteiger charge is 2.10. The van der Waals surface area contributed by atoms with Crippen molar-refractivity contribution in [3.8, 4) is 0 Å². The molecule has 1 N–H and O–H groups in total. The van der Waals surface area contributed by atoms with Crippen molar-refractivity contribution >= 4 is 5.91 Å². The lowest BCUT2D eigenvalue weighted by molar-refractivity contribution is 0.0950. The second-order valence-corrected chi connectivity index (χ2v) is 4.91. The minimum atomic E-state index is -0.0410. The van der Waals surface area contributed by atoms with Gasteiger partial charge in [0.25, 0.3) is 5.91 Å². The van der Waals surface area contributed by atoms with Crippen LogP contribution < -0.4 is 5.32 Å². The average Bonchev–Trinajstić information content (AvgIpc) is 2.65. The van der Waals surface area contributed by atoms with Crippen LogP contribution in [0.25, 0.3) is 0 Å². The molecule has 1 heterocycles. The van der Waals surface area contributed by atoms with Gasteiger partial charge in [0.15, 0.2) is 0 Å². The van der Waals surface area contributed by atoms with E-state index >= 15 is 0 Å². The molecule has 19 heavy (non-hydrogen) atoms. The van der Waals surface area contributed by atoms with Gasteiger partial charge < -0.3 is 5.32 Å². The summed E-state index contributed by atoms with van der Waals surface area (Å²) in [4.78, 5) is 12.1. The Hall–Kier alpha value is -2.10. The fraction of sp³-hybridized carbons (Fsp3) is 0.333. The Morgan fingerprint density at radius 3 is 2.63 bits per heavy atom. The van der Waals surface area contributed by atoms with Gasteiger partial charge in [-0.2, -0.15) is 5.10 Å². The van der Waals surface area contributed by atoms with E-state index < -0.39 is 0 Å². The van der Waals surface area contributed by atoms with Crippen molar-refractivity contribution in [1.29, 1.82) is 0 Å². The van der Waals surface area contributed by atoms with Crippen LogP contribution in [0, 0.1) is 20.8 Å². The fourth-order valence-electron chi connectivity index (χ4n) is 2.16. The topological polar surface area (TPSA) is 46.9 Å². The molecular formula is C15H19N3O. The summed E-state index contributed by atoms with van der Waals surface area (Å²) in [5.41, 5.74) is 4.88. The Kier molecular flexibility index (Phi) is 3.69. The Morgan fingerprint density at radius 2 is 2.05 bits per heavy atom. The molecule has 0 radical (unpaired) electrons. The number of aromatic nitrogens is 2. The molecule has 0 spiro atoms. The first-order valence-electron chi connectivity index (χ1n) is 6.32. The largest absolute Gasteiger partial charge is 0.348 e. The van der Waals surface area contributed by atoms with Crippen molar-refractivity contribution < 1.29 is 4.79 Å². The zero-order valence-corrected chi connectivity index (χ0v) is 11.8. The summed E-state index contributed by atoms with van der Waals surface area (Å²) in [7, 11) is 1.88. The first-order chi connectivity index (χ1) is 8.97. The molecule has 1 aromatic carbocycles. The van der Waals surface area contributed by atoms with E-state index in [0.29, 0.717) is 6.54 Å². The van der Waals surface area contributed by atoms with Gasteiger partial charge in [-0.05, 0) is 32.4 Å². The molecule has 1 aromatic heterocycles. The molecule has 0 fully saturated rings. The van der Waals surface area contributed by atoms with Crippen LogP contribution in [0.4, 0.5) is 0 Å². The number of aryl methyl sites for hydroxylation is 4. The van der Waals surface area contributed by atoms with E-state index in [4.69, 9.17) is 0 Å². The molecule has 4 heteroatoms. The molecular weight excluding hydrogens is 238 g/mol. The third kappa shape index (κ3) is 3.02. The van der Waals surface area contributed by atoms with Crippen LogP contribution in [-0.4, -0.2) is 15.7 Å². The Balaban J connectivity index is 2.07. The number of nitrogens with one attached hydrogen (secondary N) is 1. The molecule has 1 amide bonds. The smallest absolute Gasteiger partial charge is 0.251 e. The summed E-state index contributed by atoms with van der Waals surface area (Å²) >= 11 is 0. The van der Waals surface area contributed by atoms with E-state index in [-0.39, 0.29) is 5.91 Å². The lowest BCUT2D eigenvalue weighted by atomic mass is 10.1. The Labute approximate surface area is 113 Å². The second-order valence-electron chi connectivity index (χ2n) is 4.91. The lowest BCUT2D eigenvalue weighted by Gasteiger charge is -2.08. The molecule has 0 aliphatic heterocycles. The highest BCUT2D eigenvalue weighted by molar-refractivity contribution is 5.95. The molecule has 0 aliphatic rings. The van der Waals surface area contributed by atoms with Gasteiger partial charge in [0.1, 0.15) is 0 Å². The van der Waals surface area contributed by atoms with E-state index in [1.54, 1.807) is 4.68 Å². The van der Waals surface area contributed by atoms with E-state index in [0.717, 1.165) is 27.9 Å². The van der Waals surface area contributed by atoms with Gasteiger partial charge in [-0.1, -0.05) is 17.7 Å². The first kappa shape index (κ1) is 13.3. The number of hydrogen-bond donors (Lipinski definition) is 1. The van der Waals surface area contributed by atoms with Crippen LogP contribution in [0.5, 0.6) is 0 Å². The minimum Gasteiger partial charge on any atom is -0.348 e. The van der Waals surface area contributed by atoms with E-state index in [1.165, 1.54) is 0 Å². The van der Waals surface area contributed by atoms with Gasteiger partial charge in [-0.15, -0.1) is 0 Å². The number of hydrogen-bond acceptors (Lipinski definition) is 2. The van der Waals surface area contributed by atoms with Crippen LogP contribution in [0.1, 0.15) is 32.7 Å². The molecule has 0 bridgehead atoms. The number of amides is 1. The van der Waals surface area contributed by atoms with Gasteiger partial charge >= 0.3 is 0 Å². The summed E-state index contributed by atoms with van der Waals surface area (Å²) in [6.07, 6.45) is 1.93. The molecule has 2 aromatic rings. The molecule has 0 saturated carbocycles. The molecule has 0 atom stereocenters. The lowest BCUT2D eigenvalue weighted by Crippen LogP contribution is -2.23. The zero-order chi connectivity index (χ0) is 14.0. The van der Waals surface area contributed by atoms with Crippen molar-refractivity contribution in [1.82, 2.24) is 15.1 Å². The summed E-state index contributed by atoms with van der Waals surface area (Å²) in [6.45, 7) is 6.43. The van der Waals surface area contributed by atoms with Gasteiger partial charge in [0.2, 0.25) is 0 Å². The summed E-state index contributed by atoms with van der Waals surface area (Å²) in [5, 5.41) is 7.19. The number of carbonyl (C=O) groups is 1. The Bertz CT molecular complexity index is 614. The molecule has 0 aliphatic carbocycles. The maximum absolute atomic E-state index is 12.1. The third-order valence-corrected chi connectivity index (χ3v) is 3.18. The van der Waals surface area contributed by atoms with E-state index in [9.17, 15) is 4.79 Å². The monoisotopic (exact) mass is 257 g/mol. The Morgan fingerprint density at radius 1 is 1.32 bits per heavy atom. The maximum Gasteiger partial charge on any atom is 0.251 e. The summed E-state index contributed by atoms with van der Waals surface area (Å²) in [5.74, 6) is -0.0410. The van der Waals surface area contributed by atoms with E-state index in [1.807, 2.05) is 52.2 Å². The zero-order valence-electron chi connectivity index (χ0n) is 11.8. The summed E-state index contributed by atoms with van der Waals surface area (Å²) < 4.78 is 1.76. The standard InChI is InChI=1S/C15H19N3O/c1-10-5-6-14(11(2)7-10)15(19)16-8-13-9-18(4)17-12(13)3/h5-7,9H,8H2,1-4H3,(H,16,19). The maximum atomic E-state index is 12.1. The van der Waals surface area contributed by atoms with Crippen LogP contribution in [0.15, 0.2) is 24.4 Å². The van der Waals surface area contributed by atoms with Gasteiger partial charge in [0, 0.05) is 30.9 Å². The molecule has 4 nitrogen and oxygen atoms in total. The minimum absolute atomic E-state index is 0.0410. The van der Waals surface area contributed by atoms with Crippen molar-refractivity contribution in [2.45, 2.75) is 27.3 Å². The van der Waals surface area contributed by atoms with Crippen LogP contribution in [-0.2, 0) is 13.6 Å². The predicted octanol–water partition coefficient (Wildman–Crippen LogP) is 2.28. The quantitative estimate of drug-likeness (QED) is 0.917. The van der Waals surface area contributed by atoms with Crippen molar-refractivity contribution in [3.05, 3.63) is 52.3 Å². The predicted molar refractivity (Wildman–Crippen MR) is 75.0 cm³/mol. The third-order valence-electron chi connectivity index (χ3n) is 3.18. The van der Waals surface area contributed by atoms with Crippen LogP contribution in [0.2, 0.25) is 0 Å². The number of benzene rings is 1. The van der Waals surface area contributed by atoms with Crippen LogP contribution >= 0.6 is 0 Å². The molecule has 100 valence electrons. The van der Waals surface area contributed by atoms with Crippen molar-refractivity contribution in [2.75, 3.05) is 0 Å². The van der Waals surface area contributed by atoms with Gasteiger partial charge in [-0.25, -0.2) is 0 Å². The van der Waals surface area contributed by atoms with Crippen molar-refractivity contribution in [3.63, 3.8) is 0 Å².